The molecule has 0 aliphatic carbocycles. The summed E-state index contributed by atoms with van der Waals surface area (Å²) in [4.78, 5) is 26.4. The predicted molar refractivity (Wildman–Crippen MR) is 113 cm³/mol. The Balaban J connectivity index is 1.83. The number of hydrogen-bond donors (Lipinski definition) is 1. The lowest BCUT2D eigenvalue weighted by Gasteiger charge is -2.24. The Kier molecular flexibility index (Phi) is 6.04. The highest BCUT2D eigenvalue weighted by atomic mass is 79.9. The van der Waals surface area contributed by atoms with E-state index in [-0.39, 0.29) is 12.5 Å². The van der Waals surface area contributed by atoms with Gasteiger partial charge in [0, 0.05) is 17.4 Å². The SMILES string of the molecule is CS(=O)(=O)N(CC(=O)Nc1ccccc1N1CCCC1=O)c1ccccc1Br. The quantitative estimate of drug-likeness (QED) is 0.710. The van der Waals surface area contributed by atoms with Crippen molar-refractivity contribution in [3.63, 3.8) is 0 Å². The molecule has 2 aromatic carbocycles. The number of carbonyl (C=O) groups excluding carboxylic acids is 2. The van der Waals surface area contributed by atoms with Crippen LogP contribution in [0, 0.1) is 0 Å². The molecule has 1 N–H and O–H groups in total. The Bertz CT molecular complexity index is 1010. The predicted octanol–water partition coefficient (Wildman–Crippen LogP) is 2.98. The zero-order valence-corrected chi connectivity index (χ0v) is 17.7. The van der Waals surface area contributed by atoms with Crippen LogP contribution in [0.3, 0.4) is 0 Å². The highest BCUT2D eigenvalue weighted by Crippen LogP contribution is 2.30. The molecule has 28 heavy (non-hydrogen) atoms. The fourth-order valence-corrected chi connectivity index (χ4v) is 4.56. The van der Waals surface area contributed by atoms with Crippen LogP contribution >= 0.6 is 15.9 Å². The van der Waals surface area contributed by atoms with E-state index >= 15 is 0 Å². The van der Waals surface area contributed by atoms with Gasteiger partial charge in [-0.25, -0.2) is 8.42 Å². The molecular formula is C19H20BrN3O4S. The highest BCUT2D eigenvalue weighted by Gasteiger charge is 2.26. The van der Waals surface area contributed by atoms with Gasteiger partial charge in [-0.1, -0.05) is 24.3 Å². The van der Waals surface area contributed by atoms with E-state index in [0.29, 0.717) is 34.5 Å². The van der Waals surface area contributed by atoms with Crippen LogP contribution in [-0.2, 0) is 19.6 Å². The van der Waals surface area contributed by atoms with E-state index in [2.05, 4.69) is 21.2 Å². The third-order valence-electron chi connectivity index (χ3n) is 4.35. The summed E-state index contributed by atoms with van der Waals surface area (Å²) in [5, 5.41) is 2.75. The minimum Gasteiger partial charge on any atom is -0.323 e. The molecule has 9 heteroatoms. The molecule has 1 fully saturated rings. The molecular weight excluding hydrogens is 446 g/mol. The van der Waals surface area contributed by atoms with Gasteiger partial charge in [-0.2, -0.15) is 0 Å². The van der Waals surface area contributed by atoms with Gasteiger partial charge in [0.05, 0.1) is 23.3 Å². The molecule has 148 valence electrons. The Hall–Kier alpha value is -2.39. The van der Waals surface area contributed by atoms with Crippen LogP contribution in [0.15, 0.2) is 53.0 Å². The summed E-state index contributed by atoms with van der Waals surface area (Å²) in [6, 6.07) is 13.8. The number of nitrogens with one attached hydrogen (secondary N) is 1. The highest BCUT2D eigenvalue weighted by molar-refractivity contribution is 9.10. The van der Waals surface area contributed by atoms with Crippen LogP contribution in [-0.4, -0.2) is 39.6 Å². The molecule has 0 bridgehead atoms. The second-order valence-electron chi connectivity index (χ2n) is 6.44. The molecule has 7 nitrogen and oxygen atoms in total. The van der Waals surface area contributed by atoms with Crippen molar-refractivity contribution in [1.82, 2.24) is 0 Å². The summed E-state index contributed by atoms with van der Waals surface area (Å²) in [5.74, 6) is -0.493. The van der Waals surface area contributed by atoms with Gasteiger partial charge in [0.25, 0.3) is 0 Å². The third-order valence-corrected chi connectivity index (χ3v) is 6.15. The van der Waals surface area contributed by atoms with Gasteiger partial charge >= 0.3 is 0 Å². The monoisotopic (exact) mass is 465 g/mol. The fourth-order valence-electron chi connectivity index (χ4n) is 3.07. The summed E-state index contributed by atoms with van der Waals surface area (Å²) in [7, 11) is -3.68. The standard InChI is InChI=1S/C19H20BrN3O4S/c1-28(26,27)23(16-9-4-2-7-14(16)20)13-18(24)21-15-8-3-5-10-17(15)22-12-6-11-19(22)25/h2-5,7-10H,6,11-13H2,1H3,(H,21,24). The molecule has 2 aromatic rings. The lowest BCUT2D eigenvalue weighted by atomic mass is 10.2. The number of benzene rings is 2. The Morgan fingerprint density at radius 2 is 1.86 bits per heavy atom. The first-order valence-electron chi connectivity index (χ1n) is 8.69. The van der Waals surface area contributed by atoms with Crippen molar-refractivity contribution >= 4 is 54.8 Å². The summed E-state index contributed by atoms with van der Waals surface area (Å²) >= 11 is 3.33. The van der Waals surface area contributed by atoms with Gasteiger partial charge in [-0.15, -0.1) is 0 Å². The number of para-hydroxylation sites is 3. The maximum atomic E-state index is 12.7. The van der Waals surface area contributed by atoms with Crippen molar-refractivity contribution < 1.29 is 18.0 Å². The molecule has 0 saturated carbocycles. The largest absolute Gasteiger partial charge is 0.323 e. The number of hydrogen-bond acceptors (Lipinski definition) is 4. The minimum atomic E-state index is -3.68. The van der Waals surface area contributed by atoms with Crippen molar-refractivity contribution in [1.29, 1.82) is 0 Å². The van der Waals surface area contributed by atoms with Crippen LogP contribution in [0.5, 0.6) is 0 Å². The van der Waals surface area contributed by atoms with Crippen LogP contribution in [0.4, 0.5) is 17.1 Å². The topological polar surface area (TPSA) is 86.8 Å². The van der Waals surface area contributed by atoms with Crippen molar-refractivity contribution in [3.05, 3.63) is 53.0 Å². The molecule has 1 saturated heterocycles. The average Bonchev–Trinajstić information content (AvgIpc) is 3.06. The maximum Gasteiger partial charge on any atom is 0.245 e. The lowest BCUT2D eigenvalue weighted by molar-refractivity contribution is -0.117. The van der Waals surface area contributed by atoms with E-state index in [0.717, 1.165) is 17.0 Å². The second kappa shape index (κ2) is 8.32. The molecule has 0 unspecified atom stereocenters. The van der Waals surface area contributed by atoms with E-state index in [9.17, 15) is 18.0 Å². The van der Waals surface area contributed by atoms with E-state index < -0.39 is 15.9 Å². The Labute approximate surface area is 172 Å². The van der Waals surface area contributed by atoms with Gasteiger partial charge in [0.2, 0.25) is 21.8 Å². The molecule has 0 atom stereocenters. The second-order valence-corrected chi connectivity index (χ2v) is 9.20. The Morgan fingerprint density at radius 1 is 1.18 bits per heavy atom. The van der Waals surface area contributed by atoms with Crippen molar-refractivity contribution in [2.24, 2.45) is 0 Å². The number of nitrogens with zero attached hydrogens (tertiary/aromatic N) is 2. The first-order valence-corrected chi connectivity index (χ1v) is 11.3. The van der Waals surface area contributed by atoms with Crippen molar-refractivity contribution in [2.75, 3.05) is 33.9 Å². The summed E-state index contributed by atoms with van der Waals surface area (Å²) in [5.41, 5.74) is 1.47. The Morgan fingerprint density at radius 3 is 2.50 bits per heavy atom. The van der Waals surface area contributed by atoms with Gasteiger partial charge < -0.3 is 10.2 Å². The number of sulfonamides is 1. The molecule has 0 radical (unpaired) electrons. The first kappa shape index (κ1) is 20.3. The van der Waals surface area contributed by atoms with E-state index in [1.165, 1.54) is 0 Å². The van der Waals surface area contributed by atoms with Gasteiger partial charge in [0.1, 0.15) is 6.54 Å². The molecule has 0 aromatic heterocycles. The molecule has 2 amide bonds. The minimum absolute atomic E-state index is 0.00711. The van der Waals surface area contributed by atoms with Crippen LogP contribution < -0.4 is 14.5 Å². The zero-order valence-electron chi connectivity index (χ0n) is 15.3. The van der Waals surface area contributed by atoms with Gasteiger partial charge in [0.15, 0.2) is 0 Å². The number of anilines is 3. The van der Waals surface area contributed by atoms with Gasteiger partial charge in [-0.3, -0.25) is 13.9 Å². The summed E-state index contributed by atoms with van der Waals surface area (Å²) in [6.07, 6.45) is 2.30. The van der Waals surface area contributed by atoms with Crippen LogP contribution in [0.2, 0.25) is 0 Å². The van der Waals surface area contributed by atoms with E-state index in [1.54, 1.807) is 53.4 Å². The number of rotatable bonds is 6. The summed E-state index contributed by atoms with van der Waals surface area (Å²) < 4.78 is 26.1. The third kappa shape index (κ3) is 4.53. The van der Waals surface area contributed by atoms with Crippen LogP contribution in [0.25, 0.3) is 0 Å². The summed E-state index contributed by atoms with van der Waals surface area (Å²) in [6.45, 7) is 0.210. The van der Waals surface area contributed by atoms with Gasteiger partial charge in [-0.05, 0) is 46.6 Å². The lowest BCUT2D eigenvalue weighted by Crippen LogP contribution is -2.38. The smallest absolute Gasteiger partial charge is 0.245 e. The number of amides is 2. The number of halogens is 1. The van der Waals surface area contributed by atoms with Crippen molar-refractivity contribution in [3.8, 4) is 0 Å². The maximum absolute atomic E-state index is 12.7. The molecule has 1 heterocycles. The fraction of sp³-hybridized carbons (Fsp3) is 0.263. The zero-order chi connectivity index (χ0) is 20.3. The molecule has 0 spiro atoms. The van der Waals surface area contributed by atoms with Crippen molar-refractivity contribution in [2.45, 2.75) is 12.8 Å². The molecule has 1 aliphatic rings. The molecule has 1 aliphatic heterocycles. The average molecular weight is 466 g/mol. The number of carbonyl (C=O) groups is 2. The van der Waals surface area contributed by atoms with E-state index in [1.807, 2.05) is 0 Å². The van der Waals surface area contributed by atoms with Crippen LogP contribution in [0.1, 0.15) is 12.8 Å². The molecule has 3 rings (SSSR count). The first-order chi connectivity index (χ1) is 13.3. The van der Waals surface area contributed by atoms with E-state index in [4.69, 9.17) is 0 Å². The normalized spacial score (nSPS) is 14.2.